The summed E-state index contributed by atoms with van der Waals surface area (Å²) in [5.41, 5.74) is 7.30. The molecule has 0 aliphatic heterocycles. The van der Waals surface area contributed by atoms with Gasteiger partial charge in [-0.25, -0.2) is 0 Å². The van der Waals surface area contributed by atoms with E-state index in [2.05, 4.69) is 35.0 Å². The molecule has 1 unspecified atom stereocenters. The molecule has 0 bridgehead atoms. The number of hydrogen-bond acceptors (Lipinski definition) is 3. The van der Waals surface area contributed by atoms with Gasteiger partial charge in [0.1, 0.15) is 5.75 Å². The Balaban J connectivity index is 2.05. The van der Waals surface area contributed by atoms with Gasteiger partial charge in [-0.3, -0.25) is 0 Å². The quantitative estimate of drug-likeness (QED) is 0.823. The van der Waals surface area contributed by atoms with Crippen LogP contribution in [0, 0.1) is 16.7 Å². The highest BCUT2D eigenvalue weighted by Gasteiger charge is 2.43. The third-order valence-electron chi connectivity index (χ3n) is 3.97. The SMILES string of the molecule is CCC(N)Cc1cc(Br)ccc1OCC1(CC#N)CC1. The van der Waals surface area contributed by atoms with Crippen molar-refractivity contribution in [3.63, 3.8) is 0 Å². The molecule has 2 N–H and O–H groups in total. The van der Waals surface area contributed by atoms with Crippen LogP contribution < -0.4 is 10.5 Å². The molecule has 1 saturated carbocycles. The predicted molar refractivity (Wildman–Crippen MR) is 83.5 cm³/mol. The zero-order valence-corrected chi connectivity index (χ0v) is 13.4. The Kier molecular flexibility index (Phi) is 5.06. The van der Waals surface area contributed by atoms with Crippen molar-refractivity contribution < 1.29 is 4.74 Å². The Bertz CT molecular complexity index is 506. The number of benzene rings is 1. The van der Waals surface area contributed by atoms with Gasteiger partial charge in [-0.05, 0) is 49.4 Å². The summed E-state index contributed by atoms with van der Waals surface area (Å²) in [6.45, 7) is 2.73. The maximum atomic E-state index is 8.85. The largest absolute Gasteiger partial charge is 0.493 e. The van der Waals surface area contributed by atoms with Crippen molar-refractivity contribution in [2.45, 2.75) is 45.1 Å². The molecule has 0 radical (unpaired) electrons. The van der Waals surface area contributed by atoms with Crippen LogP contribution in [0.1, 0.15) is 38.2 Å². The van der Waals surface area contributed by atoms with Gasteiger partial charge < -0.3 is 10.5 Å². The van der Waals surface area contributed by atoms with Gasteiger partial charge in [0, 0.05) is 22.4 Å². The van der Waals surface area contributed by atoms with Crippen LogP contribution in [0.3, 0.4) is 0 Å². The minimum absolute atomic E-state index is 0.103. The van der Waals surface area contributed by atoms with Crippen LogP contribution in [-0.2, 0) is 6.42 Å². The Morgan fingerprint density at radius 3 is 2.85 bits per heavy atom. The Morgan fingerprint density at radius 1 is 1.50 bits per heavy atom. The van der Waals surface area contributed by atoms with Crippen LogP contribution >= 0.6 is 15.9 Å². The Morgan fingerprint density at radius 2 is 2.25 bits per heavy atom. The zero-order valence-electron chi connectivity index (χ0n) is 11.9. The van der Waals surface area contributed by atoms with Crippen LogP contribution in [-0.4, -0.2) is 12.6 Å². The molecule has 2 rings (SSSR count). The van der Waals surface area contributed by atoms with Crippen LogP contribution in [0.15, 0.2) is 22.7 Å². The summed E-state index contributed by atoms with van der Waals surface area (Å²) in [6.07, 6.45) is 4.55. The summed E-state index contributed by atoms with van der Waals surface area (Å²) in [7, 11) is 0. The van der Waals surface area contributed by atoms with Gasteiger partial charge in [0.2, 0.25) is 0 Å². The van der Waals surface area contributed by atoms with E-state index in [1.807, 2.05) is 12.1 Å². The first-order valence-corrected chi connectivity index (χ1v) is 7.91. The lowest BCUT2D eigenvalue weighted by atomic mass is 10.0. The van der Waals surface area contributed by atoms with Crippen LogP contribution in [0.4, 0.5) is 0 Å². The van der Waals surface area contributed by atoms with E-state index >= 15 is 0 Å². The summed E-state index contributed by atoms with van der Waals surface area (Å²) < 4.78 is 7.03. The standard InChI is InChI=1S/C16H21BrN2O/c1-2-14(19)10-12-9-13(17)3-4-15(12)20-11-16(5-6-16)7-8-18/h3-4,9,14H,2,5-7,10-11,19H2,1H3. The highest BCUT2D eigenvalue weighted by molar-refractivity contribution is 9.10. The van der Waals surface area contributed by atoms with Gasteiger partial charge in [-0.15, -0.1) is 0 Å². The number of nitrogens with zero attached hydrogens (tertiary/aromatic N) is 1. The number of rotatable bonds is 7. The van der Waals surface area contributed by atoms with E-state index in [9.17, 15) is 0 Å². The van der Waals surface area contributed by atoms with E-state index in [-0.39, 0.29) is 11.5 Å². The monoisotopic (exact) mass is 336 g/mol. The topological polar surface area (TPSA) is 59.0 Å². The molecule has 0 saturated heterocycles. The molecule has 3 nitrogen and oxygen atoms in total. The zero-order chi connectivity index (χ0) is 14.6. The summed E-state index contributed by atoms with van der Waals surface area (Å²) in [6, 6.07) is 8.47. The first-order chi connectivity index (χ1) is 9.58. The number of ether oxygens (including phenoxy) is 1. The van der Waals surface area contributed by atoms with E-state index in [0.717, 1.165) is 41.5 Å². The molecule has 0 amide bonds. The van der Waals surface area contributed by atoms with Gasteiger partial charge in [-0.2, -0.15) is 5.26 Å². The number of nitrogens with two attached hydrogens (primary N) is 1. The first kappa shape index (κ1) is 15.3. The lowest BCUT2D eigenvalue weighted by Gasteiger charge is -2.17. The summed E-state index contributed by atoms with van der Waals surface area (Å²) in [4.78, 5) is 0. The highest BCUT2D eigenvalue weighted by atomic mass is 79.9. The van der Waals surface area contributed by atoms with Crippen LogP contribution in [0.5, 0.6) is 5.75 Å². The van der Waals surface area contributed by atoms with E-state index < -0.39 is 0 Å². The molecule has 1 aromatic carbocycles. The van der Waals surface area contributed by atoms with Crippen molar-refractivity contribution in [1.82, 2.24) is 0 Å². The molecular weight excluding hydrogens is 316 g/mol. The molecule has 20 heavy (non-hydrogen) atoms. The Hall–Kier alpha value is -1.05. The highest BCUT2D eigenvalue weighted by Crippen LogP contribution is 2.48. The van der Waals surface area contributed by atoms with Gasteiger partial charge in [-0.1, -0.05) is 22.9 Å². The van der Waals surface area contributed by atoms with E-state index in [0.29, 0.717) is 13.0 Å². The molecule has 0 heterocycles. The van der Waals surface area contributed by atoms with Crippen molar-refractivity contribution in [3.05, 3.63) is 28.2 Å². The molecular formula is C16H21BrN2O. The fourth-order valence-electron chi connectivity index (χ4n) is 2.22. The lowest BCUT2D eigenvalue weighted by molar-refractivity contribution is 0.234. The lowest BCUT2D eigenvalue weighted by Crippen LogP contribution is -2.22. The number of nitriles is 1. The summed E-state index contributed by atoms with van der Waals surface area (Å²) in [5, 5.41) is 8.85. The molecule has 0 aromatic heterocycles. The second kappa shape index (κ2) is 6.60. The average molecular weight is 337 g/mol. The molecule has 1 aromatic rings. The Labute approximate surface area is 129 Å². The van der Waals surface area contributed by atoms with E-state index in [4.69, 9.17) is 15.7 Å². The van der Waals surface area contributed by atoms with Crippen LogP contribution in [0.2, 0.25) is 0 Å². The van der Waals surface area contributed by atoms with E-state index in [1.54, 1.807) is 0 Å². The number of hydrogen-bond donors (Lipinski definition) is 1. The summed E-state index contributed by atoms with van der Waals surface area (Å²) >= 11 is 3.50. The molecule has 1 fully saturated rings. The van der Waals surface area contributed by atoms with Gasteiger partial charge in [0.05, 0.1) is 12.7 Å². The third-order valence-corrected chi connectivity index (χ3v) is 4.47. The van der Waals surface area contributed by atoms with Gasteiger partial charge >= 0.3 is 0 Å². The minimum atomic E-state index is 0.103. The van der Waals surface area contributed by atoms with Crippen molar-refractivity contribution in [1.29, 1.82) is 5.26 Å². The second-order valence-electron chi connectivity index (χ2n) is 5.75. The van der Waals surface area contributed by atoms with E-state index in [1.165, 1.54) is 0 Å². The minimum Gasteiger partial charge on any atom is -0.493 e. The van der Waals surface area contributed by atoms with Crippen molar-refractivity contribution in [3.8, 4) is 11.8 Å². The second-order valence-corrected chi connectivity index (χ2v) is 6.66. The van der Waals surface area contributed by atoms with Crippen molar-refractivity contribution in [2.24, 2.45) is 11.1 Å². The first-order valence-electron chi connectivity index (χ1n) is 7.12. The third kappa shape index (κ3) is 3.97. The molecule has 1 aliphatic carbocycles. The molecule has 4 heteroatoms. The maximum Gasteiger partial charge on any atom is 0.122 e. The molecule has 1 aliphatic rings. The summed E-state index contributed by atoms with van der Waals surface area (Å²) in [5.74, 6) is 0.904. The molecule has 0 spiro atoms. The average Bonchev–Trinajstić information content (AvgIpc) is 3.18. The number of halogens is 1. The maximum absolute atomic E-state index is 8.85. The predicted octanol–water partition coefficient (Wildman–Crippen LogP) is 3.80. The molecule has 1 atom stereocenters. The van der Waals surface area contributed by atoms with Crippen LogP contribution in [0.25, 0.3) is 0 Å². The molecule has 108 valence electrons. The fourth-order valence-corrected chi connectivity index (χ4v) is 2.63. The fraction of sp³-hybridized carbons (Fsp3) is 0.562. The van der Waals surface area contributed by atoms with Gasteiger partial charge in [0.25, 0.3) is 0 Å². The van der Waals surface area contributed by atoms with Gasteiger partial charge in [0.15, 0.2) is 0 Å². The van der Waals surface area contributed by atoms with Crippen molar-refractivity contribution >= 4 is 15.9 Å². The smallest absolute Gasteiger partial charge is 0.122 e. The normalized spacial score (nSPS) is 17.3. The van der Waals surface area contributed by atoms with Crippen molar-refractivity contribution in [2.75, 3.05) is 6.61 Å².